The van der Waals surface area contributed by atoms with Gasteiger partial charge in [-0.25, -0.2) is 0 Å². The largest absolute Gasteiger partial charge is 0.496 e. The van der Waals surface area contributed by atoms with Crippen LogP contribution in [0.5, 0.6) is 5.75 Å². The molecule has 0 saturated carbocycles. The van der Waals surface area contributed by atoms with Gasteiger partial charge in [0.05, 0.1) is 40.4 Å². The van der Waals surface area contributed by atoms with E-state index in [9.17, 15) is 4.79 Å². The number of nitrogens with one attached hydrogen (secondary N) is 2. The zero-order valence-corrected chi connectivity index (χ0v) is 16.8. The van der Waals surface area contributed by atoms with Crippen LogP contribution in [0.4, 0.5) is 0 Å². The van der Waals surface area contributed by atoms with E-state index in [0.29, 0.717) is 13.0 Å². The first-order chi connectivity index (χ1) is 12.5. The van der Waals surface area contributed by atoms with E-state index in [1.165, 1.54) is 18.2 Å². The highest BCUT2D eigenvalue weighted by Crippen LogP contribution is 2.18. The molecule has 1 aromatic rings. The van der Waals surface area contributed by atoms with Gasteiger partial charge in [-0.15, -0.1) is 0 Å². The summed E-state index contributed by atoms with van der Waals surface area (Å²) in [6, 6.07) is 6.35. The zero-order valence-electron chi connectivity index (χ0n) is 16.0. The van der Waals surface area contributed by atoms with Gasteiger partial charge in [0.2, 0.25) is 0 Å². The van der Waals surface area contributed by atoms with Crippen LogP contribution in [0.1, 0.15) is 24.0 Å². The lowest BCUT2D eigenvalue weighted by Gasteiger charge is -2.34. The molecule has 1 aliphatic heterocycles. The molecule has 6 nitrogen and oxygen atoms in total. The first-order valence-electron chi connectivity index (χ1n) is 9.10. The lowest BCUT2D eigenvalue weighted by Crippen LogP contribution is -3.13. The Labute approximate surface area is 161 Å². The molecule has 0 aromatic heterocycles. The molecule has 0 unspecified atom stereocenters. The maximum absolute atomic E-state index is 11.1. The molecule has 0 aliphatic carbocycles. The van der Waals surface area contributed by atoms with Crippen molar-refractivity contribution >= 4 is 23.3 Å². The lowest BCUT2D eigenvalue weighted by molar-refractivity contribution is -0.917. The highest BCUT2D eigenvalue weighted by Gasteiger charge is 2.22. The number of quaternary nitrogens is 1. The third-order valence-electron chi connectivity index (χ3n) is 4.70. The molecule has 1 aliphatic rings. The molecular formula is C19H30N3O3S+. The fraction of sp³-hybridized carbons (Fsp3) is 0.579. The van der Waals surface area contributed by atoms with Crippen molar-refractivity contribution in [1.82, 2.24) is 10.2 Å². The second-order valence-corrected chi connectivity index (χ2v) is 7.03. The van der Waals surface area contributed by atoms with Gasteiger partial charge in [0.15, 0.2) is 5.11 Å². The Morgan fingerprint density at radius 2 is 2.04 bits per heavy atom. The predicted octanol–water partition coefficient (Wildman–Crippen LogP) is 0.532. The monoisotopic (exact) mass is 380 g/mol. The number of ether oxygens (including phenoxy) is 2. The molecule has 1 aromatic carbocycles. The molecule has 1 fully saturated rings. The van der Waals surface area contributed by atoms with Crippen molar-refractivity contribution in [3.63, 3.8) is 0 Å². The number of benzene rings is 1. The third kappa shape index (κ3) is 6.14. The van der Waals surface area contributed by atoms with Crippen LogP contribution in [0.15, 0.2) is 18.2 Å². The summed E-state index contributed by atoms with van der Waals surface area (Å²) in [5.74, 6) is 0.787. The zero-order chi connectivity index (χ0) is 18.9. The Morgan fingerprint density at radius 1 is 1.31 bits per heavy atom. The highest BCUT2D eigenvalue weighted by molar-refractivity contribution is 7.80. The molecule has 0 amide bonds. The van der Waals surface area contributed by atoms with Crippen molar-refractivity contribution in [1.29, 1.82) is 0 Å². The first kappa shape index (κ1) is 20.5. The Hall–Kier alpha value is -1.86. The second kappa shape index (κ2) is 10.3. The van der Waals surface area contributed by atoms with E-state index in [2.05, 4.69) is 34.0 Å². The summed E-state index contributed by atoms with van der Waals surface area (Å²) in [7, 11) is 3.14. The normalized spacial score (nSPS) is 14.8. The number of nitrogens with zero attached hydrogens (tertiary/aromatic N) is 1. The van der Waals surface area contributed by atoms with Gasteiger partial charge in [-0.1, -0.05) is 11.6 Å². The van der Waals surface area contributed by atoms with E-state index in [1.54, 1.807) is 12.0 Å². The van der Waals surface area contributed by atoms with E-state index in [4.69, 9.17) is 17.0 Å². The van der Waals surface area contributed by atoms with E-state index >= 15 is 0 Å². The molecule has 2 rings (SSSR count). The van der Waals surface area contributed by atoms with Crippen LogP contribution in [0, 0.1) is 6.92 Å². The Kier molecular flexibility index (Phi) is 8.12. The summed E-state index contributed by atoms with van der Waals surface area (Å²) >= 11 is 5.48. The fourth-order valence-corrected chi connectivity index (χ4v) is 3.44. The average Bonchev–Trinajstić information content (AvgIpc) is 2.65. The highest BCUT2D eigenvalue weighted by atomic mass is 32.1. The molecule has 0 radical (unpaired) electrons. The van der Waals surface area contributed by atoms with Gasteiger partial charge in [0.1, 0.15) is 12.3 Å². The van der Waals surface area contributed by atoms with Crippen LogP contribution in [0.2, 0.25) is 0 Å². The molecule has 26 heavy (non-hydrogen) atoms. The van der Waals surface area contributed by atoms with E-state index < -0.39 is 0 Å². The van der Waals surface area contributed by atoms with Gasteiger partial charge in [-0.05, 0) is 37.7 Å². The van der Waals surface area contributed by atoms with Crippen molar-refractivity contribution < 1.29 is 19.2 Å². The molecule has 1 saturated heterocycles. The summed E-state index contributed by atoms with van der Waals surface area (Å²) in [5.41, 5.74) is 2.52. The standard InChI is InChI=1S/C19H29N3O3S/c1-15-6-7-17(24-2)16(13-15)14-21-9-11-22(12-10-21)19(26)20-8-4-5-18(23)25-3/h6-7,13H,4-5,8-12,14H2,1-3H3,(H,20,26)/p+1. The van der Waals surface area contributed by atoms with E-state index in [0.717, 1.165) is 50.0 Å². The number of aryl methyl sites for hydroxylation is 1. The number of carbonyl (C=O) groups excluding carboxylic acids is 1. The summed E-state index contributed by atoms with van der Waals surface area (Å²) in [4.78, 5) is 14.9. The minimum Gasteiger partial charge on any atom is -0.496 e. The smallest absolute Gasteiger partial charge is 0.305 e. The average molecular weight is 381 g/mol. The number of hydrogen-bond donors (Lipinski definition) is 2. The van der Waals surface area contributed by atoms with Crippen LogP contribution < -0.4 is 15.0 Å². The quantitative estimate of drug-likeness (QED) is 0.409. The van der Waals surface area contributed by atoms with Crippen LogP contribution in [0.3, 0.4) is 0 Å². The van der Waals surface area contributed by atoms with Crippen LogP contribution >= 0.6 is 12.2 Å². The van der Waals surface area contributed by atoms with Gasteiger partial charge in [-0.3, -0.25) is 4.79 Å². The fourth-order valence-electron chi connectivity index (χ4n) is 3.16. The van der Waals surface area contributed by atoms with Crippen molar-refractivity contribution in [2.45, 2.75) is 26.3 Å². The summed E-state index contributed by atoms with van der Waals surface area (Å²) in [6.07, 6.45) is 1.15. The predicted molar refractivity (Wildman–Crippen MR) is 106 cm³/mol. The molecule has 2 N–H and O–H groups in total. The molecule has 0 atom stereocenters. The van der Waals surface area contributed by atoms with Crippen LogP contribution in [-0.4, -0.2) is 62.9 Å². The molecule has 144 valence electrons. The van der Waals surface area contributed by atoms with Crippen molar-refractivity contribution in [3.05, 3.63) is 29.3 Å². The second-order valence-electron chi connectivity index (χ2n) is 6.64. The summed E-state index contributed by atoms with van der Waals surface area (Å²) < 4.78 is 10.1. The minimum absolute atomic E-state index is 0.179. The number of esters is 1. The van der Waals surface area contributed by atoms with Gasteiger partial charge < -0.3 is 24.6 Å². The summed E-state index contributed by atoms with van der Waals surface area (Å²) in [5, 5.41) is 4.02. The van der Waals surface area contributed by atoms with Crippen LogP contribution in [-0.2, 0) is 16.1 Å². The first-order valence-corrected chi connectivity index (χ1v) is 9.51. The maximum atomic E-state index is 11.1. The maximum Gasteiger partial charge on any atom is 0.305 e. The van der Waals surface area contributed by atoms with E-state index in [-0.39, 0.29) is 5.97 Å². The number of carbonyl (C=O) groups is 1. The number of hydrogen-bond acceptors (Lipinski definition) is 4. The molecule has 0 bridgehead atoms. The Bertz CT molecular complexity index is 616. The molecule has 7 heteroatoms. The number of methoxy groups -OCH3 is 2. The van der Waals surface area contributed by atoms with Gasteiger partial charge in [-0.2, -0.15) is 0 Å². The molecule has 0 spiro atoms. The SMILES string of the molecule is COC(=O)CCCNC(=S)N1CC[NH+](Cc2cc(C)ccc2OC)CC1. The number of rotatable bonds is 7. The van der Waals surface area contributed by atoms with Gasteiger partial charge in [0.25, 0.3) is 0 Å². The molecule has 1 heterocycles. The number of thiocarbonyl (C=S) groups is 1. The van der Waals surface area contributed by atoms with Gasteiger partial charge in [0, 0.05) is 18.5 Å². The third-order valence-corrected chi connectivity index (χ3v) is 5.10. The molecular weight excluding hydrogens is 350 g/mol. The van der Waals surface area contributed by atoms with E-state index in [1.807, 2.05) is 6.07 Å². The Morgan fingerprint density at radius 3 is 2.69 bits per heavy atom. The lowest BCUT2D eigenvalue weighted by atomic mass is 10.1. The van der Waals surface area contributed by atoms with Crippen molar-refractivity contribution in [2.75, 3.05) is 46.9 Å². The van der Waals surface area contributed by atoms with Crippen molar-refractivity contribution in [3.8, 4) is 5.75 Å². The summed E-state index contributed by atoms with van der Waals surface area (Å²) in [6.45, 7) is 7.74. The van der Waals surface area contributed by atoms with Crippen LogP contribution in [0.25, 0.3) is 0 Å². The topological polar surface area (TPSA) is 55.2 Å². The Balaban J connectivity index is 1.74. The van der Waals surface area contributed by atoms with Crippen molar-refractivity contribution in [2.24, 2.45) is 0 Å². The number of piperazine rings is 1. The minimum atomic E-state index is -0.179. The van der Waals surface area contributed by atoms with Gasteiger partial charge >= 0.3 is 5.97 Å².